The number of allylic oxidation sites excluding steroid dienone is 6. The quantitative estimate of drug-likeness (QED) is 0.300. The molecule has 0 radical (unpaired) electrons. The number of aromatic amines is 1. The van der Waals surface area contributed by atoms with Crippen molar-refractivity contribution in [2.24, 2.45) is 0 Å². The molecule has 146 valence electrons. The molecule has 3 heterocycles. The topological polar surface area (TPSA) is 98.4 Å². The predicted molar refractivity (Wildman–Crippen MR) is 115 cm³/mol. The number of rotatable bonds is 6. The van der Waals surface area contributed by atoms with E-state index in [9.17, 15) is 0 Å². The summed E-state index contributed by atoms with van der Waals surface area (Å²) >= 11 is 0. The largest absolute Gasteiger partial charge is 0.455 e. The number of nitrogens with one attached hydrogen (secondary N) is 1. The van der Waals surface area contributed by atoms with Crippen LogP contribution in [0.1, 0.15) is 11.5 Å². The number of hydrogen-bond acceptors (Lipinski definition) is 4. The summed E-state index contributed by atoms with van der Waals surface area (Å²) in [5, 5.41) is 17.5. The molecule has 0 unspecified atom stereocenters. The van der Waals surface area contributed by atoms with Crippen molar-refractivity contribution >= 4 is 12.2 Å². The van der Waals surface area contributed by atoms with Gasteiger partial charge in [-0.05, 0) is 60.7 Å². The van der Waals surface area contributed by atoms with Crippen molar-refractivity contribution in [1.82, 2.24) is 4.98 Å². The molecule has 0 bridgehead atoms. The lowest BCUT2D eigenvalue weighted by Crippen LogP contribution is -1.75. The molecule has 0 saturated carbocycles. The third-order valence-electron chi connectivity index (χ3n) is 3.97. The minimum Gasteiger partial charge on any atom is -0.455 e. The van der Waals surface area contributed by atoms with Crippen molar-refractivity contribution in [2.75, 3.05) is 0 Å². The zero-order valence-electron chi connectivity index (χ0n) is 16.0. The van der Waals surface area contributed by atoms with Crippen molar-refractivity contribution in [2.45, 2.75) is 0 Å². The predicted octanol–water partition coefficient (Wildman–Crippen LogP) is 6.21. The maximum Gasteiger partial charge on any atom is 0.261 e. The van der Waals surface area contributed by atoms with Gasteiger partial charge in [0.1, 0.15) is 11.5 Å². The standard InChI is InChI=1S/C24H13N5O2/c1-27-17(15-25)5-3-7-19-9-13-23(30-19)21-11-12-22(29-21)24-14-10-20(31-24)8-4-6-18(16-26)28-2/h3-14,29H/b7-3+,8-4+,17-5-,18-6+. The van der Waals surface area contributed by atoms with Crippen molar-refractivity contribution in [3.8, 4) is 35.0 Å². The van der Waals surface area contributed by atoms with E-state index in [0.29, 0.717) is 23.0 Å². The third-order valence-corrected chi connectivity index (χ3v) is 3.97. The second kappa shape index (κ2) is 9.80. The van der Waals surface area contributed by atoms with Crippen LogP contribution < -0.4 is 0 Å². The zero-order valence-corrected chi connectivity index (χ0v) is 16.0. The summed E-state index contributed by atoms with van der Waals surface area (Å²) in [5.41, 5.74) is 1.52. The van der Waals surface area contributed by atoms with Gasteiger partial charge in [-0.2, -0.15) is 0 Å². The van der Waals surface area contributed by atoms with Gasteiger partial charge in [0.2, 0.25) is 0 Å². The smallest absolute Gasteiger partial charge is 0.261 e. The molecular weight excluding hydrogens is 390 g/mol. The zero-order chi connectivity index (χ0) is 22.1. The molecule has 0 aliphatic rings. The van der Waals surface area contributed by atoms with Gasteiger partial charge >= 0.3 is 0 Å². The SMILES string of the molecule is [C-]#[N+]/C(C#N)=C\C=C\c1ccc(-c2ccc(-c3ccc(/C=C/C=C(\C#N)[N+]#[C-])o3)[nH]2)o1. The van der Waals surface area contributed by atoms with E-state index in [4.69, 9.17) is 32.5 Å². The Morgan fingerprint density at radius 1 is 0.774 bits per heavy atom. The fraction of sp³-hybridized carbons (Fsp3) is 0. The van der Waals surface area contributed by atoms with Crippen molar-refractivity contribution in [3.05, 3.63) is 106 Å². The fourth-order valence-corrected chi connectivity index (χ4v) is 2.52. The minimum atomic E-state index is -0.00221. The van der Waals surface area contributed by atoms with Gasteiger partial charge in [0, 0.05) is 0 Å². The summed E-state index contributed by atoms with van der Waals surface area (Å²) in [6.07, 6.45) is 9.35. The molecule has 7 heteroatoms. The Kier molecular flexibility index (Phi) is 6.48. The molecule has 1 N–H and O–H groups in total. The van der Waals surface area contributed by atoms with Gasteiger partial charge in [0.15, 0.2) is 11.5 Å². The van der Waals surface area contributed by atoms with Crippen LogP contribution in [0.5, 0.6) is 0 Å². The van der Waals surface area contributed by atoms with E-state index in [1.807, 2.05) is 24.3 Å². The fourth-order valence-electron chi connectivity index (χ4n) is 2.52. The molecule has 0 atom stereocenters. The van der Waals surface area contributed by atoms with Crippen LogP contribution >= 0.6 is 0 Å². The van der Waals surface area contributed by atoms with Gasteiger partial charge in [-0.1, -0.05) is 12.2 Å². The van der Waals surface area contributed by atoms with Crippen LogP contribution in [0.2, 0.25) is 0 Å². The first-order valence-electron chi connectivity index (χ1n) is 8.88. The molecule has 0 aliphatic carbocycles. The van der Waals surface area contributed by atoms with Crippen LogP contribution in [0.25, 0.3) is 44.8 Å². The molecule has 0 spiro atoms. The number of nitriles is 2. The highest BCUT2D eigenvalue weighted by Gasteiger charge is 2.10. The summed E-state index contributed by atoms with van der Waals surface area (Å²) in [7, 11) is 0. The van der Waals surface area contributed by atoms with E-state index in [1.54, 1.807) is 48.6 Å². The van der Waals surface area contributed by atoms with Gasteiger partial charge < -0.3 is 13.8 Å². The first kappa shape index (κ1) is 20.5. The Balaban J connectivity index is 1.72. The van der Waals surface area contributed by atoms with E-state index < -0.39 is 0 Å². The lowest BCUT2D eigenvalue weighted by molar-refractivity contribution is 0.567. The average Bonchev–Trinajstić information content (AvgIpc) is 3.54. The second-order valence-electron chi connectivity index (χ2n) is 5.96. The maximum atomic E-state index is 8.73. The van der Waals surface area contributed by atoms with Crippen LogP contribution in [0.3, 0.4) is 0 Å². The van der Waals surface area contributed by atoms with Gasteiger partial charge in [0.25, 0.3) is 11.4 Å². The highest BCUT2D eigenvalue weighted by Crippen LogP contribution is 2.28. The Hall–Kier alpha value is -5.24. The Labute approximate surface area is 178 Å². The number of furan rings is 2. The average molecular weight is 403 g/mol. The van der Waals surface area contributed by atoms with Crippen LogP contribution in [-0.4, -0.2) is 4.98 Å². The third kappa shape index (κ3) is 5.18. The molecule has 0 aromatic carbocycles. The molecule has 3 aromatic rings. The van der Waals surface area contributed by atoms with E-state index in [-0.39, 0.29) is 11.4 Å². The van der Waals surface area contributed by atoms with Gasteiger partial charge in [-0.3, -0.25) is 0 Å². The molecule has 0 fully saturated rings. The molecule has 7 nitrogen and oxygen atoms in total. The van der Waals surface area contributed by atoms with Crippen LogP contribution in [0, 0.1) is 35.8 Å². The molecular formula is C24H13N5O2. The summed E-state index contributed by atoms with van der Waals surface area (Å²) < 4.78 is 11.5. The molecule has 0 saturated heterocycles. The van der Waals surface area contributed by atoms with Gasteiger partial charge in [-0.15, -0.1) is 0 Å². The highest BCUT2D eigenvalue weighted by atomic mass is 16.3. The highest BCUT2D eigenvalue weighted by molar-refractivity contribution is 5.64. The number of aromatic nitrogens is 1. The van der Waals surface area contributed by atoms with E-state index >= 15 is 0 Å². The maximum absolute atomic E-state index is 8.73. The first-order chi connectivity index (χ1) is 15.2. The second-order valence-corrected chi connectivity index (χ2v) is 5.96. The van der Waals surface area contributed by atoms with E-state index in [2.05, 4.69) is 14.7 Å². The van der Waals surface area contributed by atoms with Crippen LogP contribution in [0.4, 0.5) is 0 Å². The summed E-state index contributed by atoms with van der Waals surface area (Å²) in [6.45, 7) is 13.7. The Morgan fingerprint density at radius 3 is 1.61 bits per heavy atom. The van der Waals surface area contributed by atoms with Crippen LogP contribution in [-0.2, 0) is 0 Å². The molecule has 3 rings (SSSR count). The monoisotopic (exact) mass is 403 g/mol. The minimum absolute atomic E-state index is 0.00221. The lowest BCUT2D eigenvalue weighted by Gasteiger charge is -1.94. The molecule has 3 aromatic heterocycles. The van der Waals surface area contributed by atoms with Crippen molar-refractivity contribution in [3.63, 3.8) is 0 Å². The number of hydrogen-bond donors (Lipinski definition) is 1. The summed E-state index contributed by atoms with van der Waals surface area (Å²) in [4.78, 5) is 9.39. The molecule has 0 amide bonds. The Bertz CT molecular complexity index is 1240. The van der Waals surface area contributed by atoms with E-state index in [0.717, 1.165) is 11.4 Å². The summed E-state index contributed by atoms with van der Waals surface area (Å²) in [5.74, 6) is 2.42. The van der Waals surface area contributed by atoms with E-state index in [1.165, 1.54) is 12.2 Å². The van der Waals surface area contributed by atoms with Gasteiger partial charge in [-0.25, -0.2) is 20.2 Å². The lowest BCUT2D eigenvalue weighted by atomic mass is 10.3. The van der Waals surface area contributed by atoms with Crippen molar-refractivity contribution in [1.29, 1.82) is 10.5 Å². The normalized spacial score (nSPS) is 11.9. The van der Waals surface area contributed by atoms with Gasteiger partial charge in [0.05, 0.1) is 36.7 Å². The first-order valence-corrected chi connectivity index (χ1v) is 8.88. The Morgan fingerprint density at radius 2 is 1.23 bits per heavy atom. The molecule has 0 aliphatic heterocycles. The summed E-state index contributed by atoms with van der Waals surface area (Å²) in [6, 6.07) is 14.5. The number of H-pyrrole nitrogens is 1. The van der Waals surface area contributed by atoms with Crippen molar-refractivity contribution < 1.29 is 8.83 Å². The molecule has 31 heavy (non-hydrogen) atoms. The number of nitrogens with zero attached hydrogens (tertiary/aromatic N) is 4. The van der Waals surface area contributed by atoms with Crippen LogP contribution in [0.15, 0.2) is 80.9 Å².